The minimum atomic E-state index is -0.615. The van der Waals surface area contributed by atoms with Gasteiger partial charge in [-0.25, -0.2) is 0 Å². The fourth-order valence-corrected chi connectivity index (χ4v) is 2.91. The van der Waals surface area contributed by atoms with Crippen LogP contribution in [-0.4, -0.2) is 24.6 Å². The van der Waals surface area contributed by atoms with E-state index in [1.807, 2.05) is 13.8 Å². The minimum absolute atomic E-state index is 0.177. The van der Waals surface area contributed by atoms with Gasteiger partial charge in [-0.15, -0.1) is 0 Å². The number of ether oxygens (including phenoxy) is 2. The lowest BCUT2D eigenvalue weighted by Crippen LogP contribution is -2.42. The van der Waals surface area contributed by atoms with Gasteiger partial charge in [-0.05, 0) is 31.6 Å². The summed E-state index contributed by atoms with van der Waals surface area (Å²) in [5.74, 6) is -0.173. The highest BCUT2D eigenvalue weighted by Gasteiger charge is 2.51. The molecule has 1 aliphatic carbocycles. The minimum Gasteiger partial charge on any atom is -0.465 e. The van der Waals surface area contributed by atoms with Crippen LogP contribution in [0.2, 0.25) is 0 Å². The fourth-order valence-electron chi connectivity index (χ4n) is 2.91. The zero-order chi connectivity index (χ0) is 15.2. The SMILES string of the molecule is CCCCC1(C(=O)OCC(C)C)CCCC1OC(C)=O. The summed E-state index contributed by atoms with van der Waals surface area (Å²) in [5, 5.41) is 0. The van der Waals surface area contributed by atoms with Crippen molar-refractivity contribution in [3.8, 4) is 0 Å². The van der Waals surface area contributed by atoms with Gasteiger partial charge in [-0.1, -0.05) is 33.6 Å². The van der Waals surface area contributed by atoms with E-state index in [1.54, 1.807) is 0 Å². The van der Waals surface area contributed by atoms with Gasteiger partial charge in [0.1, 0.15) is 11.5 Å². The van der Waals surface area contributed by atoms with Crippen molar-refractivity contribution >= 4 is 11.9 Å². The Morgan fingerprint density at radius 1 is 1.35 bits per heavy atom. The van der Waals surface area contributed by atoms with E-state index in [4.69, 9.17) is 9.47 Å². The van der Waals surface area contributed by atoms with E-state index >= 15 is 0 Å². The molecule has 0 radical (unpaired) electrons. The Hall–Kier alpha value is -1.06. The van der Waals surface area contributed by atoms with Gasteiger partial charge in [0, 0.05) is 6.92 Å². The van der Waals surface area contributed by atoms with E-state index in [-0.39, 0.29) is 18.0 Å². The smallest absolute Gasteiger partial charge is 0.315 e. The summed E-state index contributed by atoms with van der Waals surface area (Å²) in [7, 11) is 0. The van der Waals surface area contributed by atoms with Gasteiger partial charge in [0.25, 0.3) is 0 Å². The zero-order valence-corrected chi connectivity index (χ0v) is 13.2. The second kappa shape index (κ2) is 7.65. The van der Waals surface area contributed by atoms with Crippen molar-refractivity contribution in [1.29, 1.82) is 0 Å². The molecule has 1 fully saturated rings. The molecule has 1 saturated carbocycles. The maximum atomic E-state index is 12.6. The van der Waals surface area contributed by atoms with Gasteiger partial charge in [-0.3, -0.25) is 9.59 Å². The average molecular weight is 284 g/mol. The number of hydrogen-bond acceptors (Lipinski definition) is 4. The van der Waals surface area contributed by atoms with Gasteiger partial charge in [0.2, 0.25) is 0 Å². The van der Waals surface area contributed by atoms with Crippen molar-refractivity contribution in [2.24, 2.45) is 11.3 Å². The normalized spacial score (nSPS) is 25.8. The molecule has 0 bridgehead atoms. The van der Waals surface area contributed by atoms with Gasteiger partial charge in [0.05, 0.1) is 6.61 Å². The van der Waals surface area contributed by atoms with E-state index in [9.17, 15) is 9.59 Å². The molecule has 4 nitrogen and oxygen atoms in total. The molecule has 0 N–H and O–H groups in total. The average Bonchev–Trinajstić information content (AvgIpc) is 2.76. The summed E-state index contributed by atoms with van der Waals surface area (Å²) in [5.41, 5.74) is -0.615. The van der Waals surface area contributed by atoms with Crippen LogP contribution in [-0.2, 0) is 19.1 Å². The predicted molar refractivity (Wildman–Crippen MR) is 77.2 cm³/mol. The summed E-state index contributed by atoms with van der Waals surface area (Å²) >= 11 is 0. The van der Waals surface area contributed by atoms with Crippen molar-refractivity contribution < 1.29 is 19.1 Å². The summed E-state index contributed by atoms with van der Waals surface area (Å²) in [6, 6.07) is 0. The van der Waals surface area contributed by atoms with Crippen LogP contribution in [0.4, 0.5) is 0 Å². The molecule has 116 valence electrons. The first-order valence-electron chi connectivity index (χ1n) is 7.76. The van der Waals surface area contributed by atoms with Crippen LogP contribution in [0.1, 0.15) is 66.2 Å². The van der Waals surface area contributed by atoms with Crippen LogP contribution >= 0.6 is 0 Å². The molecule has 2 atom stereocenters. The van der Waals surface area contributed by atoms with Crippen molar-refractivity contribution in [1.82, 2.24) is 0 Å². The summed E-state index contributed by atoms with van der Waals surface area (Å²) < 4.78 is 10.9. The highest BCUT2D eigenvalue weighted by atomic mass is 16.6. The predicted octanol–water partition coefficient (Wildman–Crippen LogP) is 3.48. The molecule has 2 unspecified atom stereocenters. The summed E-state index contributed by atoms with van der Waals surface area (Å²) in [6.45, 7) is 7.97. The van der Waals surface area contributed by atoms with Crippen molar-refractivity contribution in [3.05, 3.63) is 0 Å². The molecule has 0 aliphatic heterocycles. The Kier molecular flexibility index (Phi) is 6.50. The molecular formula is C16H28O4. The van der Waals surface area contributed by atoms with E-state index in [1.165, 1.54) is 6.92 Å². The van der Waals surface area contributed by atoms with Crippen LogP contribution in [0.3, 0.4) is 0 Å². The second-order valence-corrected chi connectivity index (χ2v) is 6.24. The number of carbonyl (C=O) groups is 2. The standard InChI is InChI=1S/C16H28O4/c1-5-6-9-16(15(18)19-11-12(2)3)10-7-8-14(16)20-13(4)17/h12,14H,5-11H2,1-4H3. The number of unbranched alkanes of at least 4 members (excludes halogenated alkanes) is 1. The first-order chi connectivity index (χ1) is 9.42. The lowest BCUT2D eigenvalue weighted by molar-refractivity contribution is -0.171. The topological polar surface area (TPSA) is 52.6 Å². The quantitative estimate of drug-likeness (QED) is 0.672. The molecule has 0 spiro atoms. The molecule has 1 aliphatic rings. The Labute approximate surface area is 122 Å². The van der Waals surface area contributed by atoms with Gasteiger partial charge in [0.15, 0.2) is 0 Å². The second-order valence-electron chi connectivity index (χ2n) is 6.24. The maximum Gasteiger partial charge on any atom is 0.315 e. The number of rotatable bonds is 7. The third kappa shape index (κ3) is 4.22. The Morgan fingerprint density at radius 3 is 2.60 bits per heavy atom. The molecule has 0 aromatic heterocycles. The van der Waals surface area contributed by atoms with E-state index in [2.05, 4.69) is 6.92 Å². The lowest BCUT2D eigenvalue weighted by Gasteiger charge is -2.32. The number of esters is 2. The van der Waals surface area contributed by atoms with Crippen molar-refractivity contribution in [2.75, 3.05) is 6.61 Å². The molecule has 1 rings (SSSR count). The van der Waals surface area contributed by atoms with Gasteiger partial charge >= 0.3 is 11.9 Å². The largest absolute Gasteiger partial charge is 0.465 e. The zero-order valence-electron chi connectivity index (χ0n) is 13.2. The number of carbonyl (C=O) groups excluding carboxylic acids is 2. The molecule has 20 heavy (non-hydrogen) atoms. The fraction of sp³-hybridized carbons (Fsp3) is 0.875. The molecular weight excluding hydrogens is 256 g/mol. The van der Waals surface area contributed by atoms with E-state index in [0.29, 0.717) is 12.5 Å². The van der Waals surface area contributed by atoms with E-state index < -0.39 is 5.41 Å². The van der Waals surface area contributed by atoms with Crippen molar-refractivity contribution in [3.63, 3.8) is 0 Å². The third-order valence-electron chi connectivity index (χ3n) is 3.94. The van der Waals surface area contributed by atoms with Crippen LogP contribution in [0, 0.1) is 11.3 Å². The Balaban J connectivity index is 2.83. The number of hydrogen-bond donors (Lipinski definition) is 0. The van der Waals surface area contributed by atoms with Crippen LogP contribution in [0.15, 0.2) is 0 Å². The maximum absolute atomic E-state index is 12.6. The highest BCUT2D eigenvalue weighted by molar-refractivity contribution is 5.79. The van der Waals surface area contributed by atoms with Crippen molar-refractivity contribution in [2.45, 2.75) is 72.3 Å². The first kappa shape index (κ1) is 17.0. The summed E-state index contributed by atoms with van der Waals surface area (Å²) in [4.78, 5) is 23.8. The molecule has 0 saturated heterocycles. The van der Waals surface area contributed by atoms with Crippen LogP contribution in [0.5, 0.6) is 0 Å². The molecule has 0 amide bonds. The van der Waals surface area contributed by atoms with Crippen LogP contribution in [0.25, 0.3) is 0 Å². The van der Waals surface area contributed by atoms with E-state index in [0.717, 1.165) is 38.5 Å². The molecule has 0 aromatic rings. The Morgan fingerprint density at radius 2 is 2.05 bits per heavy atom. The monoisotopic (exact) mass is 284 g/mol. The third-order valence-corrected chi connectivity index (χ3v) is 3.94. The van der Waals surface area contributed by atoms with Gasteiger partial charge in [-0.2, -0.15) is 0 Å². The molecule has 0 aromatic carbocycles. The molecule has 0 heterocycles. The Bertz CT molecular complexity index is 337. The highest BCUT2D eigenvalue weighted by Crippen LogP contribution is 2.45. The van der Waals surface area contributed by atoms with Crippen LogP contribution < -0.4 is 0 Å². The first-order valence-corrected chi connectivity index (χ1v) is 7.76. The van der Waals surface area contributed by atoms with Gasteiger partial charge < -0.3 is 9.47 Å². The molecule has 4 heteroatoms. The lowest BCUT2D eigenvalue weighted by atomic mass is 9.79. The summed E-state index contributed by atoms with van der Waals surface area (Å²) in [6.07, 6.45) is 4.85.